The minimum Gasteiger partial charge on any atom is -0.485 e. The van der Waals surface area contributed by atoms with Crippen LogP contribution in [0.2, 0.25) is 0 Å². The molecular weight excluding hydrogens is 454 g/mol. The molecule has 1 aliphatic heterocycles. The van der Waals surface area contributed by atoms with Crippen LogP contribution in [0.15, 0.2) is 56.5 Å². The number of ether oxygens (including phenoxy) is 1. The minimum absolute atomic E-state index is 0.115. The number of aromatic amines is 2. The highest BCUT2D eigenvalue weighted by molar-refractivity contribution is 6.13. The Kier molecular flexibility index (Phi) is 4.74. The Labute approximate surface area is 206 Å². The monoisotopic (exact) mass is 481 g/mol. The molecule has 0 bridgehead atoms. The van der Waals surface area contributed by atoms with Crippen molar-refractivity contribution in [1.82, 2.24) is 14.8 Å². The second-order valence-corrected chi connectivity index (χ2v) is 10.0. The van der Waals surface area contributed by atoms with Crippen LogP contribution in [0.5, 0.6) is 5.75 Å². The third kappa shape index (κ3) is 3.19. The molecule has 7 rings (SSSR count). The number of para-hydroxylation sites is 1. The Morgan fingerprint density at radius 3 is 2.64 bits per heavy atom. The van der Waals surface area contributed by atoms with Crippen molar-refractivity contribution in [3.8, 4) is 5.75 Å². The highest BCUT2D eigenvalue weighted by Crippen LogP contribution is 2.42. The van der Waals surface area contributed by atoms with Crippen molar-refractivity contribution in [2.24, 2.45) is 0 Å². The summed E-state index contributed by atoms with van der Waals surface area (Å²) in [6.07, 6.45) is 8.60. The lowest BCUT2D eigenvalue weighted by molar-refractivity contribution is 0.275. The van der Waals surface area contributed by atoms with E-state index in [0.29, 0.717) is 16.6 Å². The smallest absolute Gasteiger partial charge is 0.274 e. The average Bonchev–Trinajstić information content (AvgIpc) is 3.25. The normalized spacial score (nSPS) is 18.8. The van der Waals surface area contributed by atoms with E-state index in [1.807, 2.05) is 35.9 Å². The van der Waals surface area contributed by atoms with E-state index in [4.69, 9.17) is 9.15 Å². The molecule has 0 saturated heterocycles. The molecule has 5 aromatic rings. The molecule has 7 nitrogen and oxygen atoms in total. The van der Waals surface area contributed by atoms with Crippen molar-refractivity contribution >= 4 is 44.8 Å². The van der Waals surface area contributed by atoms with Gasteiger partial charge in [0.25, 0.3) is 5.56 Å². The van der Waals surface area contributed by atoms with Gasteiger partial charge in [0.1, 0.15) is 23.1 Å². The minimum atomic E-state index is -0.294. The highest BCUT2D eigenvalue weighted by atomic mass is 16.5. The molecule has 1 unspecified atom stereocenters. The third-order valence-corrected chi connectivity index (χ3v) is 7.76. The first kappa shape index (κ1) is 21.3. The van der Waals surface area contributed by atoms with E-state index in [-0.39, 0.29) is 23.1 Å². The molecule has 0 spiro atoms. The van der Waals surface area contributed by atoms with E-state index >= 15 is 0 Å². The molecule has 2 aliphatic rings. The molecule has 0 radical (unpaired) electrons. The Bertz CT molecular complexity index is 1790. The maximum Gasteiger partial charge on any atom is 0.274 e. The molecule has 3 aromatic heterocycles. The molecule has 36 heavy (non-hydrogen) atoms. The van der Waals surface area contributed by atoms with Gasteiger partial charge in [0.2, 0.25) is 0 Å². The summed E-state index contributed by atoms with van der Waals surface area (Å²) in [4.78, 5) is 29.2. The van der Waals surface area contributed by atoms with Crippen LogP contribution < -0.4 is 15.7 Å². The van der Waals surface area contributed by atoms with Crippen molar-refractivity contribution in [3.63, 3.8) is 0 Å². The first-order chi connectivity index (χ1) is 17.6. The number of nitrogens with one attached hydrogen (secondary N) is 2. The van der Waals surface area contributed by atoms with Crippen LogP contribution in [0.25, 0.3) is 44.8 Å². The molecule has 4 heterocycles. The first-order valence-corrected chi connectivity index (χ1v) is 12.8. The van der Waals surface area contributed by atoms with Crippen molar-refractivity contribution in [2.45, 2.75) is 57.6 Å². The number of aromatic nitrogens is 3. The summed E-state index contributed by atoms with van der Waals surface area (Å²) >= 11 is 0. The predicted molar refractivity (Wildman–Crippen MR) is 142 cm³/mol. The molecule has 2 aromatic carbocycles. The maximum absolute atomic E-state index is 13.6. The van der Waals surface area contributed by atoms with Gasteiger partial charge in [0.15, 0.2) is 11.0 Å². The zero-order valence-corrected chi connectivity index (χ0v) is 20.1. The first-order valence-electron chi connectivity index (χ1n) is 12.8. The summed E-state index contributed by atoms with van der Waals surface area (Å²) in [6.45, 7) is 1.99. The lowest BCUT2D eigenvalue weighted by Gasteiger charge is -2.25. The Hall–Kier alpha value is -4.00. The molecule has 1 aliphatic carbocycles. The number of H-pyrrole nitrogens is 2. The number of benzene rings is 2. The van der Waals surface area contributed by atoms with Crippen LogP contribution in [0, 0.1) is 0 Å². The number of hydrogen-bond acceptors (Lipinski definition) is 4. The van der Waals surface area contributed by atoms with Crippen LogP contribution in [0.4, 0.5) is 0 Å². The van der Waals surface area contributed by atoms with Gasteiger partial charge in [-0.25, -0.2) is 0 Å². The van der Waals surface area contributed by atoms with Crippen molar-refractivity contribution < 1.29 is 9.15 Å². The second-order valence-electron chi connectivity index (χ2n) is 10.0. The number of nitrogens with zero attached hydrogens (tertiary/aromatic N) is 1. The molecule has 1 fully saturated rings. The standard InChI is InChI=1S/C29H27N3O4/c1-16-21(14-17-8-6-7-11-22(17)35-16)24-25-28(32(31-29(25)34)18-9-4-2-3-5-10-18)30-26-20-13-12-19(33)15-23(20)36-27(24)26/h6-8,11-16,18,30H,2-5,9-10H2,1H3,(H,31,34). The van der Waals surface area contributed by atoms with Gasteiger partial charge in [-0.3, -0.25) is 19.4 Å². The van der Waals surface area contributed by atoms with E-state index in [1.54, 1.807) is 12.1 Å². The Morgan fingerprint density at radius 2 is 1.81 bits per heavy atom. The maximum atomic E-state index is 13.6. The Morgan fingerprint density at radius 1 is 1.00 bits per heavy atom. The highest BCUT2D eigenvalue weighted by Gasteiger charge is 2.30. The van der Waals surface area contributed by atoms with Crippen molar-refractivity contribution in [3.05, 3.63) is 74.2 Å². The predicted octanol–water partition coefficient (Wildman–Crippen LogP) is 6.13. The summed E-state index contributed by atoms with van der Waals surface area (Å²) in [7, 11) is 0. The topological polar surface area (TPSA) is 93.0 Å². The fourth-order valence-electron chi connectivity index (χ4n) is 6.00. The van der Waals surface area contributed by atoms with E-state index < -0.39 is 0 Å². The van der Waals surface area contributed by atoms with Gasteiger partial charge in [-0.05, 0) is 44.0 Å². The fraction of sp³-hybridized carbons (Fsp3) is 0.310. The van der Waals surface area contributed by atoms with E-state index in [9.17, 15) is 9.59 Å². The van der Waals surface area contributed by atoms with Gasteiger partial charge in [-0.1, -0.05) is 43.9 Å². The average molecular weight is 482 g/mol. The van der Waals surface area contributed by atoms with Crippen LogP contribution in [-0.2, 0) is 0 Å². The molecule has 7 heteroatoms. The summed E-state index contributed by atoms with van der Waals surface area (Å²) < 4.78 is 14.6. The number of pyridine rings is 1. The van der Waals surface area contributed by atoms with E-state index in [0.717, 1.165) is 64.7 Å². The summed E-state index contributed by atoms with van der Waals surface area (Å²) in [6, 6.07) is 13.0. The zero-order chi connectivity index (χ0) is 24.4. The van der Waals surface area contributed by atoms with Gasteiger partial charge in [0.05, 0.1) is 16.9 Å². The lowest BCUT2D eigenvalue weighted by atomic mass is 9.93. The van der Waals surface area contributed by atoms with Crippen LogP contribution >= 0.6 is 0 Å². The van der Waals surface area contributed by atoms with Crippen LogP contribution in [0.3, 0.4) is 0 Å². The fourth-order valence-corrected chi connectivity index (χ4v) is 6.00. The third-order valence-electron chi connectivity index (χ3n) is 7.76. The van der Waals surface area contributed by atoms with Gasteiger partial charge in [-0.15, -0.1) is 0 Å². The summed E-state index contributed by atoms with van der Waals surface area (Å²) in [5.41, 5.74) is 4.89. The SMILES string of the molecule is CC1Oc2ccccc2C=C1c1c2oc3cc(=O)ccc3c2[nH]c2c1c(=O)[nH]n2C1CCCCCC1. The quantitative estimate of drug-likeness (QED) is 0.297. The van der Waals surface area contributed by atoms with Crippen LogP contribution in [-0.4, -0.2) is 20.9 Å². The lowest BCUT2D eigenvalue weighted by Crippen LogP contribution is -2.19. The zero-order valence-electron chi connectivity index (χ0n) is 20.1. The number of furan rings is 1. The molecule has 182 valence electrons. The molecule has 2 N–H and O–H groups in total. The summed E-state index contributed by atoms with van der Waals surface area (Å²) in [5.74, 6) is 0.814. The van der Waals surface area contributed by atoms with Crippen molar-refractivity contribution in [1.29, 1.82) is 0 Å². The second kappa shape index (κ2) is 8.01. The number of rotatable bonds is 2. The Balaban J connectivity index is 1.59. The molecule has 1 saturated carbocycles. The molecular formula is C29H27N3O4. The van der Waals surface area contributed by atoms with Gasteiger partial charge in [0, 0.05) is 28.2 Å². The van der Waals surface area contributed by atoms with E-state index in [2.05, 4.69) is 16.2 Å². The van der Waals surface area contributed by atoms with E-state index in [1.165, 1.54) is 18.9 Å². The molecule has 0 amide bonds. The van der Waals surface area contributed by atoms with Crippen molar-refractivity contribution in [2.75, 3.05) is 0 Å². The number of hydrogen-bond donors (Lipinski definition) is 2. The van der Waals surface area contributed by atoms with Gasteiger partial charge >= 0.3 is 0 Å². The van der Waals surface area contributed by atoms with Gasteiger partial charge < -0.3 is 14.1 Å². The van der Waals surface area contributed by atoms with Crippen LogP contribution in [0.1, 0.15) is 62.6 Å². The summed E-state index contributed by atoms with van der Waals surface area (Å²) in [5, 5.41) is 4.54. The molecule has 1 atom stereocenters. The number of fused-ring (bicyclic) bond motifs is 5. The van der Waals surface area contributed by atoms with Gasteiger partial charge in [-0.2, -0.15) is 0 Å². The largest absolute Gasteiger partial charge is 0.485 e.